The first-order valence-electron chi connectivity index (χ1n) is 8.78. The van der Waals surface area contributed by atoms with Crippen LogP contribution in [0.25, 0.3) is 0 Å². The molecule has 0 fully saturated rings. The number of carbonyl (C=O) groups is 1. The minimum Gasteiger partial charge on any atom is -0.385 e. The predicted octanol–water partition coefficient (Wildman–Crippen LogP) is 2.92. The average molecular weight is 476 g/mol. The normalized spacial score (nSPS) is 11.5. The molecule has 0 aliphatic heterocycles. The molecule has 3 N–H and O–H groups in total. The monoisotopic (exact) mass is 476 g/mol. The second-order valence-corrected chi connectivity index (χ2v) is 6.87. The van der Waals surface area contributed by atoms with Gasteiger partial charge in [-0.3, -0.25) is 4.79 Å². The van der Waals surface area contributed by atoms with Gasteiger partial charge in [0, 0.05) is 37.9 Å². The summed E-state index contributed by atoms with van der Waals surface area (Å²) in [4.78, 5) is 16.9. The number of nitrogens with one attached hydrogen (secondary N) is 3. The number of rotatable bonds is 8. The lowest BCUT2D eigenvalue weighted by Gasteiger charge is -2.20. The predicted molar refractivity (Wildman–Crippen MR) is 118 cm³/mol. The summed E-state index contributed by atoms with van der Waals surface area (Å²) in [7, 11) is 1.70. The first-order valence-corrected chi connectivity index (χ1v) is 8.78. The third-order valence-corrected chi connectivity index (χ3v) is 3.26. The van der Waals surface area contributed by atoms with Crippen molar-refractivity contribution in [3.8, 4) is 0 Å². The Hall–Kier alpha value is -1.35. The lowest BCUT2D eigenvalue weighted by atomic mass is 10.1. The molecular weight excluding hydrogens is 443 g/mol. The van der Waals surface area contributed by atoms with Gasteiger partial charge in [0.05, 0.1) is 6.54 Å². The molecule has 0 aromatic heterocycles. The van der Waals surface area contributed by atoms with Crippen molar-refractivity contribution in [1.29, 1.82) is 0 Å². The summed E-state index contributed by atoms with van der Waals surface area (Å²) < 4.78 is 5.04. The van der Waals surface area contributed by atoms with Gasteiger partial charge in [0.25, 0.3) is 5.91 Å². The van der Waals surface area contributed by atoms with E-state index >= 15 is 0 Å². The Balaban J connectivity index is 0.00000625. The summed E-state index contributed by atoms with van der Waals surface area (Å²) in [6.45, 7) is 10.8. The fourth-order valence-electron chi connectivity index (χ4n) is 2.16. The number of halogens is 1. The second kappa shape index (κ2) is 12.9. The van der Waals surface area contributed by atoms with Gasteiger partial charge in [0.1, 0.15) is 0 Å². The van der Waals surface area contributed by atoms with Crippen LogP contribution in [-0.4, -0.2) is 44.2 Å². The quantitative estimate of drug-likeness (QED) is 0.234. The first-order chi connectivity index (χ1) is 11.9. The van der Waals surface area contributed by atoms with Crippen LogP contribution in [0.5, 0.6) is 0 Å². The van der Waals surface area contributed by atoms with Crippen molar-refractivity contribution in [1.82, 2.24) is 16.0 Å². The number of ether oxygens (including phenoxy) is 1. The molecule has 0 saturated carbocycles. The van der Waals surface area contributed by atoms with Crippen molar-refractivity contribution in [2.24, 2.45) is 4.99 Å². The zero-order valence-corrected chi connectivity index (χ0v) is 18.8. The van der Waals surface area contributed by atoms with E-state index in [1.165, 1.54) is 0 Å². The minimum atomic E-state index is -0.254. The molecule has 1 aromatic rings. The molecule has 0 saturated heterocycles. The number of benzene rings is 1. The highest BCUT2D eigenvalue weighted by Crippen LogP contribution is 2.09. The smallest absolute Gasteiger partial charge is 0.251 e. The van der Waals surface area contributed by atoms with Gasteiger partial charge in [-0.25, -0.2) is 4.99 Å². The highest BCUT2D eigenvalue weighted by Gasteiger charge is 2.15. The Morgan fingerprint density at radius 1 is 1.23 bits per heavy atom. The third-order valence-electron chi connectivity index (χ3n) is 3.26. The van der Waals surface area contributed by atoms with Gasteiger partial charge in [-0.1, -0.05) is 12.1 Å². The molecular formula is C19H33IN4O2. The molecule has 0 heterocycles. The second-order valence-electron chi connectivity index (χ2n) is 6.87. The Morgan fingerprint density at radius 2 is 1.96 bits per heavy atom. The van der Waals surface area contributed by atoms with E-state index in [2.05, 4.69) is 20.9 Å². The minimum absolute atomic E-state index is 0. The standard InChI is InChI=1S/C19H32N4O2.HI/c1-6-20-18(21-11-8-12-25-5)22-14-15-9-7-10-16(13-15)17(24)23-19(2,3)4;/h7,9-10,13H,6,8,11-12,14H2,1-5H3,(H,23,24)(H2,20,21,22);1H. The number of hydrogen-bond donors (Lipinski definition) is 3. The maximum absolute atomic E-state index is 12.3. The summed E-state index contributed by atoms with van der Waals surface area (Å²) in [6, 6.07) is 7.58. The van der Waals surface area contributed by atoms with Crippen molar-refractivity contribution in [2.45, 2.75) is 46.2 Å². The molecule has 0 bridgehead atoms. The SMILES string of the molecule is CCNC(=NCc1cccc(C(=O)NC(C)(C)C)c1)NCCCOC.I. The Labute approximate surface area is 174 Å². The molecule has 6 nitrogen and oxygen atoms in total. The van der Waals surface area contributed by atoms with Crippen molar-refractivity contribution in [3.05, 3.63) is 35.4 Å². The molecule has 0 aliphatic rings. The van der Waals surface area contributed by atoms with E-state index < -0.39 is 0 Å². The van der Waals surface area contributed by atoms with Crippen LogP contribution in [0.3, 0.4) is 0 Å². The summed E-state index contributed by atoms with van der Waals surface area (Å²) in [5.74, 6) is 0.700. The zero-order chi connectivity index (χ0) is 18.7. The van der Waals surface area contributed by atoms with Crippen LogP contribution in [0, 0.1) is 0 Å². The van der Waals surface area contributed by atoms with Gasteiger partial charge in [-0.2, -0.15) is 0 Å². The Kier molecular flexibility index (Phi) is 12.2. The van der Waals surface area contributed by atoms with E-state index in [4.69, 9.17) is 4.74 Å². The Bertz CT molecular complexity index is 571. The van der Waals surface area contributed by atoms with E-state index in [1.807, 2.05) is 52.0 Å². The highest BCUT2D eigenvalue weighted by atomic mass is 127. The largest absolute Gasteiger partial charge is 0.385 e. The van der Waals surface area contributed by atoms with Gasteiger partial charge in [-0.05, 0) is 51.8 Å². The molecule has 1 amide bonds. The molecule has 0 atom stereocenters. The molecule has 0 unspecified atom stereocenters. The number of methoxy groups -OCH3 is 1. The lowest BCUT2D eigenvalue weighted by molar-refractivity contribution is 0.0919. The molecule has 0 aliphatic carbocycles. The Morgan fingerprint density at radius 3 is 2.58 bits per heavy atom. The molecule has 1 aromatic carbocycles. The fraction of sp³-hybridized carbons (Fsp3) is 0.579. The number of guanidine groups is 1. The van der Waals surface area contributed by atoms with Gasteiger partial charge >= 0.3 is 0 Å². The fourth-order valence-corrected chi connectivity index (χ4v) is 2.16. The van der Waals surface area contributed by atoms with Gasteiger partial charge in [0.2, 0.25) is 0 Å². The van der Waals surface area contributed by atoms with Crippen LogP contribution >= 0.6 is 24.0 Å². The highest BCUT2D eigenvalue weighted by molar-refractivity contribution is 14.0. The number of hydrogen-bond acceptors (Lipinski definition) is 3. The van der Waals surface area contributed by atoms with Crippen LogP contribution in [0.4, 0.5) is 0 Å². The third kappa shape index (κ3) is 10.6. The summed E-state index contributed by atoms with van der Waals surface area (Å²) in [6.07, 6.45) is 0.920. The number of aliphatic imine (C=N–C) groups is 1. The summed E-state index contributed by atoms with van der Waals surface area (Å²) in [5.41, 5.74) is 1.39. The maximum Gasteiger partial charge on any atom is 0.251 e. The van der Waals surface area contributed by atoms with Gasteiger partial charge < -0.3 is 20.7 Å². The number of carbonyl (C=O) groups excluding carboxylic acids is 1. The maximum atomic E-state index is 12.3. The average Bonchev–Trinajstić information content (AvgIpc) is 2.55. The van der Waals surface area contributed by atoms with E-state index in [0.717, 1.165) is 37.6 Å². The molecule has 0 spiro atoms. The first kappa shape index (κ1) is 24.7. The van der Waals surface area contributed by atoms with Crippen LogP contribution < -0.4 is 16.0 Å². The van der Waals surface area contributed by atoms with Crippen LogP contribution in [0.2, 0.25) is 0 Å². The van der Waals surface area contributed by atoms with Crippen molar-refractivity contribution in [3.63, 3.8) is 0 Å². The van der Waals surface area contributed by atoms with E-state index in [-0.39, 0.29) is 35.4 Å². The molecule has 7 heteroatoms. The van der Waals surface area contributed by atoms with Crippen LogP contribution in [0.15, 0.2) is 29.3 Å². The van der Waals surface area contributed by atoms with E-state index in [9.17, 15) is 4.79 Å². The van der Waals surface area contributed by atoms with Crippen molar-refractivity contribution >= 4 is 35.8 Å². The van der Waals surface area contributed by atoms with Gasteiger partial charge in [0.15, 0.2) is 5.96 Å². The topological polar surface area (TPSA) is 74.8 Å². The number of amides is 1. The van der Waals surface area contributed by atoms with Crippen molar-refractivity contribution < 1.29 is 9.53 Å². The molecule has 1 rings (SSSR count). The zero-order valence-electron chi connectivity index (χ0n) is 16.5. The molecule has 0 radical (unpaired) electrons. The van der Waals surface area contributed by atoms with Crippen LogP contribution in [0.1, 0.15) is 50.0 Å². The van der Waals surface area contributed by atoms with E-state index in [0.29, 0.717) is 12.1 Å². The lowest BCUT2D eigenvalue weighted by Crippen LogP contribution is -2.40. The van der Waals surface area contributed by atoms with Gasteiger partial charge in [-0.15, -0.1) is 24.0 Å². The molecule has 148 valence electrons. The van der Waals surface area contributed by atoms with Crippen molar-refractivity contribution in [2.75, 3.05) is 26.8 Å². The summed E-state index contributed by atoms with van der Waals surface area (Å²) in [5, 5.41) is 9.47. The summed E-state index contributed by atoms with van der Waals surface area (Å²) >= 11 is 0. The number of nitrogens with zero attached hydrogens (tertiary/aromatic N) is 1. The molecule has 26 heavy (non-hydrogen) atoms. The van der Waals surface area contributed by atoms with Crippen LogP contribution in [-0.2, 0) is 11.3 Å². The van der Waals surface area contributed by atoms with E-state index in [1.54, 1.807) is 7.11 Å².